The van der Waals surface area contributed by atoms with E-state index in [9.17, 15) is 0 Å². The summed E-state index contributed by atoms with van der Waals surface area (Å²) in [6, 6.07) is 4.20. The first-order valence-corrected chi connectivity index (χ1v) is 7.73. The van der Waals surface area contributed by atoms with Gasteiger partial charge in [-0.25, -0.2) is 0 Å². The summed E-state index contributed by atoms with van der Waals surface area (Å²) in [5.41, 5.74) is 2.24. The summed E-state index contributed by atoms with van der Waals surface area (Å²) in [7, 11) is 0. The zero-order valence-electron chi connectivity index (χ0n) is 12.0. The van der Waals surface area contributed by atoms with Crippen molar-refractivity contribution in [1.29, 1.82) is 5.26 Å². The lowest BCUT2D eigenvalue weighted by Crippen LogP contribution is -2.55. The van der Waals surface area contributed by atoms with Gasteiger partial charge in [0.15, 0.2) is 0 Å². The third kappa shape index (κ3) is 2.74. The Bertz CT molecular complexity index is 476. The van der Waals surface area contributed by atoms with Crippen molar-refractivity contribution < 1.29 is 4.74 Å². The van der Waals surface area contributed by atoms with Gasteiger partial charge < -0.3 is 9.72 Å². The Hall–Kier alpha value is -1.31. The van der Waals surface area contributed by atoms with Crippen molar-refractivity contribution in [2.75, 3.05) is 26.3 Å². The van der Waals surface area contributed by atoms with Crippen LogP contribution < -0.4 is 0 Å². The fourth-order valence-electron chi connectivity index (χ4n) is 3.84. The van der Waals surface area contributed by atoms with Gasteiger partial charge in [-0.1, -0.05) is 19.3 Å². The van der Waals surface area contributed by atoms with Gasteiger partial charge in [0, 0.05) is 24.8 Å². The van der Waals surface area contributed by atoms with Gasteiger partial charge >= 0.3 is 0 Å². The van der Waals surface area contributed by atoms with Crippen LogP contribution in [0.3, 0.4) is 0 Å². The fraction of sp³-hybridized carbons (Fsp3) is 0.688. The van der Waals surface area contributed by atoms with E-state index >= 15 is 0 Å². The smallest absolute Gasteiger partial charge is 0.117 e. The maximum Gasteiger partial charge on any atom is 0.117 e. The van der Waals surface area contributed by atoms with E-state index in [4.69, 9.17) is 10.00 Å². The molecular weight excluding hydrogens is 250 g/mol. The molecule has 1 aliphatic heterocycles. The molecule has 0 bridgehead atoms. The predicted octanol–water partition coefficient (Wildman–Crippen LogP) is 2.46. The monoisotopic (exact) mass is 273 g/mol. The minimum atomic E-state index is 0.289. The number of H-pyrrole nitrogens is 1. The molecule has 1 saturated carbocycles. The summed E-state index contributed by atoms with van der Waals surface area (Å²) in [6.45, 7) is 3.82. The minimum Gasteiger partial charge on any atom is -0.379 e. The quantitative estimate of drug-likeness (QED) is 0.920. The molecule has 3 rings (SSSR count). The van der Waals surface area contributed by atoms with Crippen LogP contribution in [0.5, 0.6) is 0 Å². The predicted molar refractivity (Wildman–Crippen MR) is 77.4 cm³/mol. The lowest BCUT2D eigenvalue weighted by molar-refractivity contribution is -0.0373. The number of nitrogens with one attached hydrogen (secondary N) is 1. The molecule has 1 aliphatic carbocycles. The second kappa shape index (κ2) is 5.99. The molecule has 4 heteroatoms. The number of morpholine rings is 1. The highest BCUT2D eigenvalue weighted by molar-refractivity contribution is 5.28. The highest BCUT2D eigenvalue weighted by Gasteiger charge is 2.38. The average molecular weight is 273 g/mol. The number of hydrogen-bond donors (Lipinski definition) is 1. The first-order valence-electron chi connectivity index (χ1n) is 7.73. The van der Waals surface area contributed by atoms with Crippen LogP contribution in [-0.2, 0) is 11.2 Å². The second-order valence-corrected chi connectivity index (χ2v) is 6.09. The summed E-state index contributed by atoms with van der Waals surface area (Å²) in [4.78, 5) is 5.71. The zero-order valence-corrected chi connectivity index (χ0v) is 12.0. The lowest BCUT2D eigenvalue weighted by atomic mass is 9.76. The SMILES string of the molecule is N#Cc1cc(CC2(N3CCOCC3)CCCCC2)c[nH]1. The van der Waals surface area contributed by atoms with E-state index < -0.39 is 0 Å². The topological polar surface area (TPSA) is 52.1 Å². The van der Waals surface area contributed by atoms with E-state index in [2.05, 4.69) is 16.0 Å². The van der Waals surface area contributed by atoms with E-state index in [0.717, 1.165) is 32.7 Å². The van der Waals surface area contributed by atoms with E-state index in [1.807, 2.05) is 12.3 Å². The van der Waals surface area contributed by atoms with Crippen molar-refractivity contribution in [2.24, 2.45) is 0 Å². The number of nitriles is 1. The highest BCUT2D eigenvalue weighted by Crippen LogP contribution is 2.37. The van der Waals surface area contributed by atoms with Crippen LogP contribution in [0.2, 0.25) is 0 Å². The van der Waals surface area contributed by atoms with Gasteiger partial charge in [0.05, 0.1) is 13.2 Å². The van der Waals surface area contributed by atoms with Gasteiger partial charge in [-0.3, -0.25) is 4.90 Å². The van der Waals surface area contributed by atoms with Crippen LogP contribution in [0.4, 0.5) is 0 Å². The average Bonchev–Trinajstić information content (AvgIpc) is 2.96. The molecule has 0 atom stereocenters. The van der Waals surface area contributed by atoms with Crippen molar-refractivity contribution in [3.05, 3.63) is 23.5 Å². The van der Waals surface area contributed by atoms with E-state index in [1.54, 1.807) is 0 Å². The molecule has 1 aromatic rings. The number of rotatable bonds is 3. The standard InChI is InChI=1S/C16H23N3O/c17-12-15-10-14(13-18-15)11-16(4-2-1-3-5-16)19-6-8-20-9-7-19/h10,13,18H,1-9,11H2. The van der Waals surface area contributed by atoms with Crippen LogP contribution in [0.15, 0.2) is 12.3 Å². The largest absolute Gasteiger partial charge is 0.379 e. The maximum atomic E-state index is 8.96. The van der Waals surface area contributed by atoms with Crippen molar-refractivity contribution in [2.45, 2.75) is 44.1 Å². The fourth-order valence-corrected chi connectivity index (χ4v) is 3.84. The summed E-state index contributed by atoms with van der Waals surface area (Å²) in [5.74, 6) is 0. The van der Waals surface area contributed by atoms with Crippen LogP contribution in [-0.4, -0.2) is 41.7 Å². The Morgan fingerprint density at radius 1 is 1.25 bits per heavy atom. The molecule has 0 spiro atoms. The molecule has 0 aromatic carbocycles. The zero-order chi connectivity index (χ0) is 13.8. The molecule has 4 nitrogen and oxygen atoms in total. The van der Waals surface area contributed by atoms with Crippen LogP contribution >= 0.6 is 0 Å². The van der Waals surface area contributed by atoms with E-state index in [1.165, 1.54) is 37.7 Å². The van der Waals surface area contributed by atoms with Gasteiger partial charge in [0.25, 0.3) is 0 Å². The van der Waals surface area contributed by atoms with Gasteiger partial charge in [-0.2, -0.15) is 5.26 Å². The minimum absolute atomic E-state index is 0.289. The molecule has 0 unspecified atom stereocenters. The lowest BCUT2D eigenvalue weighted by Gasteiger charge is -2.48. The molecule has 1 N–H and O–H groups in total. The van der Waals surface area contributed by atoms with Crippen molar-refractivity contribution in [1.82, 2.24) is 9.88 Å². The van der Waals surface area contributed by atoms with Crippen molar-refractivity contribution >= 4 is 0 Å². The van der Waals surface area contributed by atoms with Crippen molar-refractivity contribution in [3.8, 4) is 6.07 Å². The molecule has 2 heterocycles. The third-order valence-corrected chi connectivity index (χ3v) is 4.86. The first kappa shape index (κ1) is 13.7. The Kier molecular flexibility index (Phi) is 4.09. The number of hydrogen-bond acceptors (Lipinski definition) is 3. The summed E-state index contributed by atoms with van der Waals surface area (Å²) in [6.07, 6.45) is 9.64. The van der Waals surface area contributed by atoms with Crippen LogP contribution in [0.1, 0.15) is 43.4 Å². The third-order valence-electron chi connectivity index (χ3n) is 4.86. The molecule has 0 amide bonds. The number of aromatic amines is 1. The normalized spacial score (nSPS) is 23.4. The molecule has 1 saturated heterocycles. The molecule has 108 valence electrons. The Morgan fingerprint density at radius 2 is 2.00 bits per heavy atom. The molecule has 1 aromatic heterocycles. The molecule has 20 heavy (non-hydrogen) atoms. The summed E-state index contributed by atoms with van der Waals surface area (Å²) in [5, 5.41) is 8.96. The van der Waals surface area contributed by atoms with Gasteiger partial charge in [0.2, 0.25) is 0 Å². The molecule has 0 radical (unpaired) electrons. The first-order chi connectivity index (χ1) is 9.82. The maximum absolute atomic E-state index is 8.96. The van der Waals surface area contributed by atoms with Crippen molar-refractivity contribution in [3.63, 3.8) is 0 Å². The van der Waals surface area contributed by atoms with Gasteiger partial charge in [-0.05, 0) is 30.9 Å². The van der Waals surface area contributed by atoms with Gasteiger partial charge in [0.1, 0.15) is 11.8 Å². The Morgan fingerprint density at radius 3 is 2.65 bits per heavy atom. The Labute approximate surface area is 120 Å². The summed E-state index contributed by atoms with van der Waals surface area (Å²) >= 11 is 0. The highest BCUT2D eigenvalue weighted by atomic mass is 16.5. The molecule has 2 fully saturated rings. The number of aromatic nitrogens is 1. The van der Waals surface area contributed by atoms with Crippen LogP contribution in [0.25, 0.3) is 0 Å². The van der Waals surface area contributed by atoms with E-state index in [-0.39, 0.29) is 5.54 Å². The Balaban J connectivity index is 1.79. The second-order valence-electron chi connectivity index (χ2n) is 6.09. The molecular formula is C16H23N3O. The number of ether oxygens (including phenoxy) is 1. The van der Waals surface area contributed by atoms with E-state index in [0.29, 0.717) is 5.69 Å². The van der Waals surface area contributed by atoms with Crippen LogP contribution in [0, 0.1) is 11.3 Å². The number of nitrogens with zero attached hydrogens (tertiary/aromatic N) is 2. The molecule has 2 aliphatic rings. The summed E-state index contributed by atoms with van der Waals surface area (Å²) < 4.78 is 5.52. The van der Waals surface area contributed by atoms with Gasteiger partial charge in [-0.15, -0.1) is 0 Å².